The van der Waals surface area contributed by atoms with E-state index in [-0.39, 0.29) is 5.24 Å². The van der Waals surface area contributed by atoms with Crippen LogP contribution >= 0.6 is 11.8 Å². The lowest BCUT2D eigenvalue weighted by atomic mass is 10.2. The van der Waals surface area contributed by atoms with E-state index in [0.29, 0.717) is 13.1 Å². The van der Waals surface area contributed by atoms with Gasteiger partial charge in [0.05, 0.1) is 6.54 Å². The van der Waals surface area contributed by atoms with Crippen molar-refractivity contribution in [1.82, 2.24) is 4.90 Å². The fourth-order valence-corrected chi connectivity index (χ4v) is 2.15. The summed E-state index contributed by atoms with van der Waals surface area (Å²) in [4.78, 5) is 14.2. The fourth-order valence-electron chi connectivity index (χ4n) is 1.42. The second-order valence-corrected chi connectivity index (χ2v) is 4.38. The summed E-state index contributed by atoms with van der Waals surface area (Å²) in [6.45, 7) is 5.16. The molecule has 0 aliphatic carbocycles. The molecule has 0 bridgehead atoms. The maximum Gasteiger partial charge on any atom is 0.286 e. The van der Waals surface area contributed by atoms with Gasteiger partial charge in [-0.3, -0.25) is 4.79 Å². The number of hydrogen-bond donors (Lipinski definition) is 0. The number of amides is 1. The van der Waals surface area contributed by atoms with Crippen molar-refractivity contribution in [2.24, 2.45) is 0 Å². The Bertz CT molecular complexity index is 361. The van der Waals surface area contributed by atoms with Gasteiger partial charge < -0.3 is 4.90 Å². The van der Waals surface area contributed by atoms with Crippen LogP contribution in [0.4, 0.5) is 4.79 Å². The Morgan fingerprint density at radius 3 is 2.64 bits per heavy atom. The lowest BCUT2D eigenvalue weighted by molar-refractivity contribution is 0.229. The van der Waals surface area contributed by atoms with Crippen LogP contribution in [0.5, 0.6) is 0 Å². The Balaban J connectivity index is 2.05. The van der Waals surface area contributed by atoms with Gasteiger partial charge in [-0.05, 0) is 17.3 Å². The highest BCUT2D eigenvalue weighted by atomic mass is 32.2. The molecule has 1 fully saturated rings. The van der Waals surface area contributed by atoms with Crippen molar-refractivity contribution >= 4 is 17.0 Å². The predicted octanol–water partition coefficient (Wildman–Crippen LogP) is 2.87. The van der Waals surface area contributed by atoms with Crippen molar-refractivity contribution in [1.29, 1.82) is 0 Å². The van der Waals surface area contributed by atoms with Crippen molar-refractivity contribution in [3.63, 3.8) is 0 Å². The minimum absolute atomic E-state index is 0.110. The molecule has 0 aromatic heterocycles. The van der Waals surface area contributed by atoms with Gasteiger partial charge in [0.25, 0.3) is 5.24 Å². The monoisotopic (exact) mass is 205 g/mol. The third-order valence-electron chi connectivity index (χ3n) is 2.07. The van der Waals surface area contributed by atoms with E-state index in [1.54, 1.807) is 0 Å². The molecule has 1 aliphatic heterocycles. The number of thioether (sulfide) groups is 1. The van der Waals surface area contributed by atoms with E-state index in [2.05, 4.69) is 6.58 Å². The summed E-state index contributed by atoms with van der Waals surface area (Å²) in [5, 5.41) is 0.110. The summed E-state index contributed by atoms with van der Waals surface area (Å²) >= 11 is 1.24. The van der Waals surface area contributed by atoms with Crippen molar-refractivity contribution in [3.05, 3.63) is 47.4 Å². The first-order valence-electron chi connectivity index (χ1n) is 4.44. The van der Waals surface area contributed by atoms with Crippen LogP contribution in [0.15, 0.2) is 41.8 Å². The van der Waals surface area contributed by atoms with Gasteiger partial charge in [-0.2, -0.15) is 0 Å². The number of carbonyl (C=O) groups excluding carboxylic acids is 1. The maximum atomic E-state index is 11.4. The highest BCUT2D eigenvalue weighted by Crippen LogP contribution is 2.28. The third kappa shape index (κ3) is 1.99. The van der Waals surface area contributed by atoms with Crippen LogP contribution in [-0.4, -0.2) is 16.7 Å². The molecule has 1 saturated heterocycles. The largest absolute Gasteiger partial charge is 0.324 e. The number of benzene rings is 1. The smallest absolute Gasteiger partial charge is 0.286 e. The van der Waals surface area contributed by atoms with Crippen molar-refractivity contribution in [3.8, 4) is 0 Å². The normalized spacial score (nSPS) is 16.4. The molecule has 0 atom stereocenters. The molecular formula is C11H11NOS. The van der Waals surface area contributed by atoms with E-state index in [4.69, 9.17) is 0 Å². The van der Waals surface area contributed by atoms with Crippen molar-refractivity contribution in [2.45, 2.75) is 6.54 Å². The van der Waals surface area contributed by atoms with Crippen LogP contribution in [-0.2, 0) is 6.54 Å². The standard InChI is InChI=1S/C11H11NOS/c1-9-7-12(11(13)14-9)8-10-5-3-2-4-6-10/h2-6H,1,7-8H2. The van der Waals surface area contributed by atoms with E-state index in [1.807, 2.05) is 35.2 Å². The third-order valence-corrected chi connectivity index (χ3v) is 2.92. The minimum atomic E-state index is 0.110. The summed E-state index contributed by atoms with van der Waals surface area (Å²) in [5.41, 5.74) is 1.16. The van der Waals surface area contributed by atoms with E-state index in [1.165, 1.54) is 11.8 Å². The molecule has 1 heterocycles. The van der Waals surface area contributed by atoms with Gasteiger partial charge >= 0.3 is 0 Å². The van der Waals surface area contributed by atoms with Crippen LogP contribution in [0.25, 0.3) is 0 Å². The highest BCUT2D eigenvalue weighted by Gasteiger charge is 2.23. The van der Waals surface area contributed by atoms with Gasteiger partial charge in [0.1, 0.15) is 0 Å². The molecule has 0 saturated carbocycles. The lowest BCUT2D eigenvalue weighted by Crippen LogP contribution is -2.21. The van der Waals surface area contributed by atoms with Gasteiger partial charge in [-0.1, -0.05) is 36.9 Å². The summed E-state index contributed by atoms with van der Waals surface area (Å²) in [6, 6.07) is 10.00. The molecule has 1 aromatic rings. The zero-order valence-corrected chi connectivity index (χ0v) is 8.59. The summed E-state index contributed by atoms with van der Waals surface area (Å²) in [6.07, 6.45) is 0. The molecule has 14 heavy (non-hydrogen) atoms. The van der Waals surface area contributed by atoms with Crippen LogP contribution in [0.1, 0.15) is 5.56 Å². The fraction of sp³-hybridized carbons (Fsp3) is 0.182. The first-order chi connectivity index (χ1) is 6.75. The molecule has 1 aromatic carbocycles. The second-order valence-electron chi connectivity index (χ2n) is 3.25. The molecule has 3 heteroatoms. The molecule has 1 amide bonds. The van der Waals surface area contributed by atoms with Crippen LogP contribution in [0.3, 0.4) is 0 Å². The van der Waals surface area contributed by atoms with Crippen molar-refractivity contribution in [2.75, 3.05) is 6.54 Å². The Hall–Kier alpha value is -1.22. The summed E-state index contributed by atoms with van der Waals surface area (Å²) < 4.78 is 0. The number of hydrogen-bond acceptors (Lipinski definition) is 2. The quantitative estimate of drug-likeness (QED) is 0.740. The van der Waals surface area contributed by atoms with Gasteiger partial charge in [-0.15, -0.1) is 0 Å². The number of nitrogens with zero attached hydrogens (tertiary/aromatic N) is 1. The average molecular weight is 205 g/mol. The second kappa shape index (κ2) is 3.88. The Labute approximate surface area is 87.6 Å². The minimum Gasteiger partial charge on any atom is -0.324 e. The molecular weight excluding hydrogens is 194 g/mol. The average Bonchev–Trinajstić information content (AvgIpc) is 2.47. The Morgan fingerprint density at radius 2 is 2.07 bits per heavy atom. The SMILES string of the molecule is C=C1CN(Cc2ccccc2)C(=O)S1. The topological polar surface area (TPSA) is 20.3 Å². The van der Waals surface area contributed by atoms with Crippen LogP contribution < -0.4 is 0 Å². The van der Waals surface area contributed by atoms with Gasteiger partial charge in [0, 0.05) is 11.4 Å². The molecule has 1 aliphatic rings. The molecule has 2 rings (SSSR count). The predicted molar refractivity (Wildman–Crippen MR) is 59.0 cm³/mol. The molecule has 0 unspecified atom stereocenters. The van der Waals surface area contributed by atoms with Gasteiger partial charge in [0.2, 0.25) is 0 Å². The van der Waals surface area contributed by atoms with E-state index < -0.39 is 0 Å². The van der Waals surface area contributed by atoms with E-state index >= 15 is 0 Å². The van der Waals surface area contributed by atoms with Crippen molar-refractivity contribution < 1.29 is 4.79 Å². The van der Waals surface area contributed by atoms with E-state index in [0.717, 1.165) is 10.5 Å². The highest BCUT2D eigenvalue weighted by molar-refractivity contribution is 8.17. The maximum absolute atomic E-state index is 11.4. The van der Waals surface area contributed by atoms with Gasteiger partial charge in [0.15, 0.2) is 0 Å². The van der Waals surface area contributed by atoms with Crippen LogP contribution in [0, 0.1) is 0 Å². The molecule has 0 N–H and O–H groups in total. The van der Waals surface area contributed by atoms with E-state index in [9.17, 15) is 4.79 Å². The molecule has 0 radical (unpaired) electrons. The van der Waals surface area contributed by atoms with Crippen LogP contribution in [0.2, 0.25) is 0 Å². The summed E-state index contributed by atoms with van der Waals surface area (Å²) in [7, 11) is 0. The summed E-state index contributed by atoms with van der Waals surface area (Å²) in [5.74, 6) is 0. The molecule has 2 nitrogen and oxygen atoms in total. The van der Waals surface area contributed by atoms with Gasteiger partial charge in [-0.25, -0.2) is 0 Å². The zero-order chi connectivity index (χ0) is 9.97. The zero-order valence-electron chi connectivity index (χ0n) is 7.77. The Kier molecular flexibility index (Phi) is 2.59. The number of carbonyl (C=O) groups is 1. The lowest BCUT2D eigenvalue weighted by Gasteiger charge is -2.13. The number of rotatable bonds is 2. The Morgan fingerprint density at radius 1 is 1.36 bits per heavy atom. The molecule has 0 spiro atoms. The first-order valence-corrected chi connectivity index (χ1v) is 5.26. The molecule has 72 valence electrons. The first kappa shape index (κ1) is 9.34.